The number of hydrogen-bond acceptors (Lipinski definition) is 2. The van der Waals surface area contributed by atoms with Gasteiger partial charge in [-0.25, -0.2) is 9.37 Å². The Morgan fingerprint density at radius 2 is 1.90 bits per heavy atom. The molecule has 4 heteroatoms. The summed E-state index contributed by atoms with van der Waals surface area (Å²) in [7, 11) is 0. The summed E-state index contributed by atoms with van der Waals surface area (Å²) in [6.07, 6.45) is -0.0165. The summed E-state index contributed by atoms with van der Waals surface area (Å²) in [5, 5.41) is 10.4. The van der Waals surface area contributed by atoms with Crippen LogP contribution in [0.3, 0.4) is 0 Å². The van der Waals surface area contributed by atoms with Crippen molar-refractivity contribution in [1.82, 2.24) is 9.38 Å². The Bertz CT molecular complexity index is 777. The van der Waals surface area contributed by atoms with Crippen molar-refractivity contribution in [3.05, 3.63) is 59.7 Å². The Kier molecular flexibility index (Phi) is 3.47. The van der Waals surface area contributed by atoms with Crippen molar-refractivity contribution in [2.45, 2.75) is 26.4 Å². The van der Waals surface area contributed by atoms with E-state index in [1.165, 1.54) is 12.1 Å². The molecule has 0 spiro atoms. The molecule has 108 valence electrons. The molecule has 2 aromatic heterocycles. The molecule has 0 aliphatic rings. The van der Waals surface area contributed by atoms with Crippen molar-refractivity contribution in [3.8, 4) is 11.3 Å². The van der Waals surface area contributed by atoms with Gasteiger partial charge in [-0.3, -0.25) is 4.40 Å². The third-order valence-electron chi connectivity index (χ3n) is 3.69. The third-order valence-corrected chi connectivity index (χ3v) is 3.69. The number of benzene rings is 1. The normalized spacial score (nSPS) is 12.8. The van der Waals surface area contributed by atoms with Crippen LogP contribution in [0.5, 0.6) is 0 Å². The highest BCUT2D eigenvalue weighted by molar-refractivity contribution is 5.67. The van der Waals surface area contributed by atoms with E-state index in [2.05, 4.69) is 4.98 Å². The van der Waals surface area contributed by atoms with Crippen LogP contribution >= 0.6 is 0 Å². The fourth-order valence-electron chi connectivity index (χ4n) is 2.60. The van der Waals surface area contributed by atoms with Crippen molar-refractivity contribution in [1.29, 1.82) is 0 Å². The fourth-order valence-corrected chi connectivity index (χ4v) is 2.60. The minimum atomic E-state index is -0.610. The maximum Gasteiger partial charge on any atom is 0.137 e. The highest BCUT2D eigenvalue weighted by Gasteiger charge is 2.20. The number of hydrogen-bond donors (Lipinski definition) is 1. The summed E-state index contributed by atoms with van der Waals surface area (Å²) in [5.74, 6) is -0.281. The third kappa shape index (κ3) is 2.32. The molecule has 0 saturated heterocycles. The van der Waals surface area contributed by atoms with E-state index in [4.69, 9.17) is 0 Å². The number of nitrogens with zero attached hydrogens (tertiary/aromatic N) is 2. The molecular weight excluding hydrogens is 267 g/mol. The summed E-state index contributed by atoms with van der Waals surface area (Å²) >= 11 is 0. The van der Waals surface area contributed by atoms with Gasteiger partial charge < -0.3 is 5.11 Å². The molecular formula is C17H17FN2O. The molecule has 0 bridgehead atoms. The second-order valence-corrected chi connectivity index (χ2v) is 5.14. The molecule has 1 atom stereocenters. The van der Waals surface area contributed by atoms with Crippen molar-refractivity contribution in [3.63, 3.8) is 0 Å². The first-order valence-corrected chi connectivity index (χ1v) is 7.03. The van der Waals surface area contributed by atoms with E-state index < -0.39 is 6.10 Å². The largest absolute Gasteiger partial charge is 0.387 e. The molecule has 3 rings (SSSR count). The van der Waals surface area contributed by atoms with Gasteiger partial charge in [-0.1, -0.05) is 13.0 Å². The maximum absolute atomic E-state index is 13.1. The average molecular weight is 284 g/mol. The molecule has 2 heterocycles. The Hall–Kier alpha value is -2.20. The number of pyridine rings is 1. The van der Waals surface area contributed by atoms with Gasteiger partial charge in [-0.2, -0.15) is 0 Å². The minimum Gasteiger partial charge on any atom is -0.387 e. The Labute approximate surface area is 122 Å². The topological polar surface area (TPSA) is 37.5 Å². The molecule has 0 radical (unpaired) electrons. The number of aliphatic hydroxyl groups is 1. The van der Waals surface area contributed by atoms with Crippen molar-refractivity contribution < 1.29 is 9.50 Å². The number of aromatic nitrogens is 2. The second-order valence-electron chi connectivity index (χ2n) is 5.14. The Balaban J connectivity index is 2.31. The first-order chi connectivity index (χ1) is 10.1. The van der Waals surface area contributed by atoms with Crippen LogP contribution in [0, 0.1) is 12.7 Å². The Morgan fingerprint density at radius 1 is 1.19 bits per heavy atom. The van der Waals surface area contributed by atoms with E-state index in [0.29, 0.717) is 12.1 Å². The minimum absolute atomic E-state index is 0.281. The van der Waals surface area contributed by atoms with Crippen molar-refractivity contribution in [2.75, 3.05) is 0 Å². The zero-order chi connectivity index (χ0) is 15.0. The SMILES string of the molecule is CCC(O)c1c(-c2ccc(F)cc2)nc2cccc(C)n12. The molecule has 0 saturated carbocycles. The number of fused-ring (bicyclic) bond motifs is 1. The average Bonchev–Trinajstić information content (AvgIpc) is 2.88. The van der Waals surface area contributed by atoms with E-state index in [-0.39, 0.29) is 5.82 Å². The molecule has 1 N–H and O–H groups in total. The van der Waals surface area contributed by atoms with Gasteiger partial charge in [0.15, 0.2) is 0 Å². The summed E-state index contributed by atoms with van der Waals surface area (Å²) in [4.78, 5) is 4.62. The van der Waals surface area contributed by atoms with Crippen LogP contribution in [0.15, 0.2) is 42.5 Å². The summed E-state index contributed by atoms with van der Waals surface area (Å²) < 4.78 is 15.1. The maximum atomic E-state index is 13.1. The molecule has 0 aliphatic carbocycles. The molecule has 3 nitrogen and oxygen atoms in total. The van der Waals surface area contributed by atoms with E-state index >= 15 is 0 Å². The summed E-state index contributed by atoms with van der Waals surface area (Å²) in [6, 6.07) is 12.0. The monoisotopic (exact) mass is 284 g/mol. The smallest absolute Gasteiger partial charge is 0.137 e. The van der Waals surface area contributed by atoms with Crippen LogP contribution in [-0.4, -0.2) is 14.5 Å². The van der Waals surface area contributed by atoms with Gasteiger partial charge in [0.2, 0.25) is 0 Å². The lowest BCUT2D eigenvalue weighted by atomic mass is 10.1. The van der Waals surface area contributed by atoms with Gasteiger partial charge in [0.25, 0.3) is 0 Å². The molecule has 3 aromatic rings. The second kappa shape index (κ2) is 5.30. The van der Waals surface area contributed by atoms with Crippen LogP contribution in [0.1, 0.15) is 30.8 Å². The first-order valence-electron chi connectivity index (χ1n) is 7.03. The number of aliphatic hydroxyl groups excluding tert-OH is 1. The molecule has 1 unspecified atom stereocenters. The summed E-state index contributed by atoms with van der Waals surface area (Å²) in [6.45, 7) is 3.91. The van der Waals surface area contributed by atoms with Crippen LogP contribution < -0.4 is 0 Å². The lowest BCUT2D eigenvalue weighted by molar-refractivity contribution is 0.168. The van der Waals surface area contributed by atoms with Gasteiger partial charge >= 0.3 is 0 Å². The quantitative estimate of drug-likeness (QED) is 0.792. The number of halogens is 1. The zero-order valence-corrected chi connectivity index (χ0v) is 12.0. The Morgan fingerprint density at radius 3 is 2.57 bits per heavy atom. The van der Waals surface area contributed by atoms with Crippen LogP contribution in [0.4, 0.5) is 4.39 Å². The van der Waals surface area contributed by atoms with E-state index in [9.17, 15) is 9.50 Å². The predicted molar refractivity (Wildman–Crippen MR) is 80.6 cm³/mol. The predicted octanol–water partition coefficient (Wildman–Crippen LogP) is 3.89. The highest BCUT2D eigenvalue weighted by Crippen LogP contribution is 2.31. The van der Waals surface area contributed by atoms with Crippen LogP contribution in [-0.2, 0) is 0 Å². The van der Waals surface area contributed by atoms with Gasteiger partial charge in [-0.15, -0.1) is 0 Å². The lowest BCUT2D eigenvalue weighted by Gasteiger charge is -2.12. The van der Waals surface area contributed by atoms with Gasteiger partial charge in [0.1, 0.15) is 11.5 Å². The molecule has 0 aliphatic heterocycles. The van der Waals surface area contributed by atoms with Crippen LogP contribution in [0.2, 0.25) is 0 Å². The molecule has 1 aromatic carbocycles. The highest BCUT2D eigenvalue weighted by atomic mass is 19.1. The van der Waals surface area contributed by atoms with Crippen molar-refractivity contribution >= 4 is 5.65 Å². The molecule has 0 fully saturated rings. The van der Waals surface area contributed by atoms with E-state index in [0.717, 1.165) is 22.6 Å². The van der Waals surface area contributed by atoms with Gasteiger partial charge in [-0.05, 0) is 49.7 Å². The number of imidazole rings is 1. The van der Waals surface area contributed by atoms with Crippen LogP contribution in [0.25, 0.3) is 16.9 Å². The van der Waals surface area contributed by atoms with Gasteiger partial charge in [0.05, 0.1) is 17.5 Å². The molecule has 0 amide bonds. The number of aryl methyl sites for hydroxylation is 1. The lowest BCUT2D eigenvalue weighted by Crippen LogP contribution is -2.04. The molecule has 21 heavy (non-hydrogen) atoms. The van der Waals surface area contributed by atoms with E-state index in [1.807, 2.05) is 36.4 Å². The number of rotatable bonds is 3. The van der Waals surface area contributed by atoms with E-state index in [1.54, 1.807) is 12.1 Å². The summed E-state index contributed by atoms with van der Waals surface area (Å²) in [5.41, 5.74) is 4.07. The zero-order valence-electron chi connectivity index (χ0n) is 12.0. The fraction of sp³-hybridized carbons (Fsp3) is 0.235. The van der Waals surface area contributed by atoms with Crippen molar-refractivity contribution in [2.24, 2.45) is 0 Å². The standard InChI is InChI=1S/C17H17FN2O/c1-3-14(21)17-16(12-7-9-13(18)10-8-12)19-15-6-4-5-11(2)20(15)17/h4-10,14,21H,3H2,1-2H3. The van der Waals surface area contributed by atoms with Gasteiger partial charge in [0, 0.05) is 11.3 Å². The first kappa shape index (κ1) is 13.8.